The van der Waals surface area contributed by atoms with Crippen molar-refractivity contribution in [1.82, 2.24) is 0 Å². The topological polar surface area (TPSA) is 69.4 Å². The zero-order valence-electron chi connectivity index (χ0n) is 5.87. The van der Waals surface area contributed by atoms with E-state index in [9.17, 15) is 9.59 Å². The zero-order chi connectivity index (χ0) is 7.98. The molecule has 0 bridgehead atoms. The van der Waals surface area contributed by atoms with Crippen LogP contribution in [0.5, 0.6) is 0 Å². The van der Waals surface area contributed by atoms with E-state index in [0.717, 1.165) is 0 Å². The van der Waals surface area contributed by atoms with Gasteiger partial charge in [-0.2, -0.15) is 0 Å². The molecule has 4 nitrogen and oxygen atoms in total. The summed E-state index contributed by atoms with van der Waals surface area (Å²) >= 11 is 0. The van der Waals surface area contributed by atoms with Crippen LogP contribution in [0.25, 0.3) is 0 Å². The minimum absolute atomic E-state index is 0.0228. The molecule has 0 aliphatic heterocycles. The summed E-state index contributed by atoms with van der Waals surface area (Å²) in [6.45, 7) is 0.221. The van der Waals surface area contributed by atoms with E-state index in [-0.39, 0.29) is 19.3 Å². The lowest BCUT2D eigenvalue weighted by molar-refractivity contribution is -0.134. The molecule has 0 fully saturated rings. The SMILES string of the molecule is [2H]C(=O)CCC(N)OC=O. The molecule has 0 amide bonds. The Labute approximate surface area is 54.4 Å². The van der Waals surface area contributed by atoms with E-state index in [1.54, 1.807) is 0 Å². The monoisotopic (exact) mass is 132 g/mol. The van der Waals surface area contributed by atoms with Crippen molar-refractivity contribution in [3.63, 3.8) is 0 Å². The maximum absolute atomic E-state index is 10.0. The van der Waals surface area contributed by atoms with Gasteiger partial charge in [0.1, 0.15) is 7.63 Å². The van der Waals surface area contributed by atoms with Gasteiger partial charge in [-0.15, -0.1) is 0 Å². The molecule has 0 saturated carbocycles. The van der Waals surface area contributed by atoms with Crippen LogP contribution in [0.2, 0.25) is 0 Å². The molecule has 0 radical (unpaired) electrons. The van der Waals surface area contributed by atoms with Crippen LogP contribution in [0.1, 0.15) is 14.2 Å². The third-order valence-electron chi connectivity index (χ3n) is 0.761. The first-order valence-corrected chi connectivity index (χ1v) is 2.51. The molecule has 0 saturated heterocycles. The largest absolute Gasteiger partial charge is 0.449 e. The second-order valence-electron chi connectivity index (χ2n) is 1.45. The molecule has 0 aliphatic rings. The summed E-state index contributed by atoms with van der Waals surface area (Å²) in [7, 11) is 0. The molecule has 0 rings (SSSR count). The van der Waals surface area contributed by atoms with E-state index in [2.05, 4.69) is 4.74 Å². The highest BCUT2D eigenvalue weighted by molar-refractivity contribution is 5.49. The zero-order valence-corrected chi connectivity index (χ0v) is 4.87. The number of hydrogen-bond acceptors (Lipinski definition) is 4. The molecular formula is C5H9NO3. The summed E-state index contributed by atoms with van der Waals surface area (Å²) in [5.41, 5.74) is 5.14. The summed E-state index contributed by atoms with van der Waals surface area (Å²) < 4.78 is 10.7. The van der Waals surface area contributed by atoms with E-state index < -0.39 is 12.5 Å². The van der Waals surface area contributed by atoms with Crippen molar-refractivity contribution < 1.29 is 15.7 Å². The second kappa shape index (κ2) is 5.24. The predicted molar refractivity (Wildman–Crippen MR) is 30.4 cm³/mol. The minimum Gasteiger partial charge on any atom is -0.449 e. The van der Waals surface area contributed by atoms with Gasteiger partial charge in [0.05, 0.1) is 0 Å². The molecule has 0 aliphatic carbocycles. The van der Waals surface area contributed by atoms with E-state index in [4.69, 9.17) is 7.10 Å². The lowest BCUT2D eigenvalue weighted by atomic mass is 10.3. The van der Waals surface area contributed by atoms with Crippen molar-refractivity contribution in [3.8, 4) is 0 Å². The Morgan fingerprint density at radius 1 is 1.78 bits per heavy atom. The van der Waals surface area contributed by atoms with Gasteiger partial charge >= 0.3 is 0 Å². The number of nitrogens with two attached hydrogens (primary N) is 1. The fraction of sp³-hybridized carbons (Fsp3) is 0.600. The van der Waals surface area contributed by atoms with Crippen molar-refractivity contribution in [2.24, 2.45) is 5.73 Å². The highest BCUT2D eigenvalue weighted by Gasteiger charge is 1.98. The summed E-state index contributed by atoms with van der Waals surface area (Å²) in [6, 6.07) is 0. The number of carbonyl (C=O) groups is 2. The van der Waals surface area contributed by atoms with Gasteiger partial charge in [-0.3, -0.25) is 10.5 Å². The highest BCUT2D eigenvalue weighted by atomic mass is 16.5. The first-order valence-electron chi connectivity index (χ1n) is 3.01. The van der Waals surface area contributed by atoms with E-state index >= 15 is 0 Å². The average Bonchev–Trinajstić information content (AvgIpc) is 1.85. The molecule has 4 heteroatoms. The summed E-state index contributed by atoms with van der Waals surface area (Å²) in [5.74, 6) is 0. The van der Waals surface area contributed by atoms with Gasteiger partial charge in [0.15, 0.2) is 6.23 Å². The van der Waals surface area contributed by atoms with Crippen molar-refractivity contribution in [1.29, 1.82) is 0 Å². The molecule has 1 atom stereocenters. The fourth-order valence-corrected chi connectivity index (χ4v) is 0.341. The van der Waals surface area contributed by atoms with E-state index in [1.165, 1.54) is 0 Å². The standard InChI is InChI=1S/C5H9NO3/c6-5(9-4-8)2-1-3-7/h3-5H,1-2,6H2/i3D. The number of hydrogen-bond donors (Lipinski definition) is 1. The molecule has 0 aromatic heterocycles. The van der Waals surface area contributed by atoms with Gasteiger partial charge < -0.3 is 9.53 Å². The second-order valence-corrected chi connectivity index (χ2v) is 1.45. The lowest BCUT2D eigenvalue weighted by Gasteiger charge is -2.04. The van der Waals surface area contributed by atoms with Gasteiger partial charge in [0.25, 0.3) is 6.47 Å². The number of aldehydes is 1. The third-order valence-corrected chi connectivity index (χ3v) is 0.761. The smallest absolute Gasteiger partial charge is 0.294 e. The van der Waals surface area contributed by atoms with Crippen molar-refractivity contribution in [2.45, 2.75) is 19.1 Å². The summed E-state index contributed by atoms with van der Waals surface area (Å²) in [5, 5.41) is 0. The van der Waals surface area contributed by atoms with Crippen LogP contribution in [0.3, 0.4) is 0 Å². The third kappa shape index (κ3) is 4.96. The quantitative estimate of drug-likeness (QED) is 0.401. The van der Waals surface area contributed by atoms with Crippen LogP contribution in [0.4, 0.5) is 0 Å². The maximum Gasteiger partial charge on any atom is 0.294 e. The molecule has 0 heterocycles. The van der Waals surface area contributed by atoms with Crippen LogP contribution in [0, 0.1) is 0 Å². The Kier molecular flexibility index (Phi) is 3.62. The number of rotatable bonds is 5. The Bertz CT molecular complexity index is 128. The first-order chi connectivity index (χ1) is 4.66. The van der Waals surface area contributed by atoms with Crippen molar-refractivity contribution in [2.75, 3.05) is 0 Å². The Balaban J connectivity index is 3.29. The van der Waals surface area contributed by atoms with Crippen LogP contribution in [0.15, 0.2) is 0 Å². The van der Waals surface area contributed by atoms with E-state index in [1.807, 2.05) is 0 Å². The fourth-order valence-electron chi connectivity index (χ4n) is 0.341. The number of carbonyl (C=O) groups excluding carboxylic acids is 2. The van der Waals surface area contributed by atoms with Crippen LogP contribution in [-0.4, -0.2) is 19.0 Å². The minimum atomic E-state index is -0.758. The maximum atomic E-state index is 10.0. The molecule has 0 aromatic rings. The van der Waals surface area contributed by atoms with Gasteiger partial charge in [0.2, 0.25) is 0 Å². The van der Waals surface area contributed by atoms with E-state index in [0.29, 0.717) is 0 Å². The van der Waals surface area contributed by atoms with Crippen LogP contribution in [-0.2, 0) is 14.3 Å². The molecule has 9 heavy (non-hydrogen) atoms. The van der Waals surface area contributed by atoms with Gasteiger partial charge in [-0.25, -0.2) is 0 Å². The summed E-state index contributed by atoms with van der Waals surface area (Å²) in [6.07, 6.45) is -1.23. The average molecular weight is 132 g/mol. The highest BCUT2D eigenvalue weighted by Crippen LogP contribution is 1.90. The van der Waals surface area contributed by atoms with Gasteiger partial charge in [-0.1, -0.05) is 0 Å². The predicted octanol–water partition coefficient (Wildman–Crippen LogP) is -0.577. The Hall–Kier alpha value is -0.900. The number of ether oxygens (including phenoxy) is 1. The molecule has 0 aromatic carbocycles. The molecule has 2 N–H and O–H groups in total. The Morgan fingerprint density at radius 2 is 2.44 bits per heavy atom. The van der Waals surface area contributed by atoms with Crippen molar-refractivity contribution >= 4 is 12.7 Å². The summed E-state index contributed by atoms with van der Waals surface area (Å²) in [4.78, 5) is 19.6. The molecule has 0 spiro atoms. The Morgan fingerprint density at radius 3 is 2.89 bits per heavy atom. The van der Waals surface area contributed by atoms with Crippen LogP contribution >= 0.6 is 0 Å². The molecule has 52 valence electrons. The molecule has 1 unspecified atom stereocenters. The van der Waals surface area contributed by atoms with Gasteiger partial charge in [-0.05, 0) is 0 Å². The van der Waals surface area contributed by atoms with Crippen molar-refractivity contribution in [3.05, 3.63) is 0 Å². The normalized spacial score (nSPS) is 13.7. The lowest BCUT2D eigenvalue weighted by Crippen LogP contribution is -2.22. The first kappa shape index (κ1) is 6.22. The van der Waals surface area contributed by atoms with Gasteiger partial charge in [0, 0.05) is 12.8 Å². The van der Waals surface area contributed by atoms with Crippen LogP contribution < -0.4 is 5.73 Å². The molecular weight excluding hydrogens is 122 g/mol.